The molecular formula is C27H34N8O2. The quantitative estimate of drug-likeness (QED) is 0.465. The largest absolute Gasteiger partial charge is 0.444 e. The third-order valence-corrected chi connectivity index (χ3v) is 5.89. The van der Waals surface area contributed by atoms with Crippen molar-refractivity contribution in [2.24, 2.45) is 10.7 Å². The lowest BCUT2D eigenvalue weighted by molar-refractivity contribution is 0.0293. The Hall–Kier alpha value is -4.08. The fourth-order valence-corrected chi connectivity index (χ4v) is 3.88. The Morgan fingerprint density at radius 2 is 2.03 bits per heavy atom. The van der Waals surface area contributed by atoms with Crippen LogP contribution in [-0.2, 0) is 4.74 Å². The molecule has 1 fully saturated rings. The van der Waals surface area contributed by atoms with Crippen molar-refractivity contribution in [3.63, 3.8) is 0 Å². The molecule has 1 aliphatic heterocycles. The number of rotatable bonds is 6. The number of fused-ring (bicyclic) bond motifs is 1. The number of pyridine rings is 2. The summed E-state index contributed by atoms with van der Waals surface area (Å²) in [6, 6.07) is 7.63. The van der Waals surface area contributed by atoms with Gasteiger partial charge in [0.05, 0.1) is 23.3 Å². The second-order valence-corrected chi connectivity index (χ2v) is 10.4. The van der Waals surface area contributed by atoms with Crippen LogP contribution in [0.4, 0.5) is 16.4 Å². The maximum atomic E-state index is 12.3. The van der Waals surface area contributed by atoms with Crippen LogP contribution in [0.5, 0.6) is 0 Å². The summed E-state index contributed by atoms with van der Waals surface area (Å²) in [6.07, 6.45) is 7.21. The van der Waals surface area contributed by atoms with E-state index in [0.717, 1.165) is 28.6 Å². The Labute approximate surface area is 217 Å². The lowest BCUT2D eigenvalue weighted by Crippen LogP contribution is -2.35. The van der Waals surface area contributed by atoms with Crippen molar-refractivity contribution < 1.29 is 9.53 Å². The van der Waals surface area contributed by atoms with Crippen LogP contribution < -0.4 is 11.1 Å². The number of nitrogens with one attached hydrogen (secondary N) is 1. The molecule has 1 saturated heterocycles. The third kappa shape index (κ3) is 6.78. The maximum absolute atomic E-state index is 12.3. The highest BCUT2D eigenvalue weighted by Crippen LogP contribution is 2.22. The van der Waals surface area contributed by atoms with E-state index in [4.69, 9.17) is 15.5 Å². The molecule has 0 bridgehead atoms. The van der Waals surface area contributed by atoms with E-state index in [9.17, 15) is 4.79 Å². The Morgan fingerprint density at radius 1 is 1.22 bits per heavy atom. The molecule has 37 heavy (non-hydrogen) atoms. The van der Waals surface area contributed by atoms with E-state index in [1.165, 1.54) is 6.20 Å². The van der Waals surface area contributed by atoms with E-state index in [1.807, 2.05) is 45.0 Å². The smallest absolute Gasteiger partial charge is 0.410 e. The van der Waals surface area contributed by atoms with Gasteiger partial charge in [-0.1, -0.05) is 13.8 Å². The van der Waals surface area contributed by atoms with Crippen LogP contribution in [-0.4, -0.2) is 62.1 Å². The highest BCUT2D eigenvalue weighted by atomic mass is 16.6. The van der Waals surface area contributed by atoms with Gasteiger partial charge in [0, 0.05) is 42.8 Å². The van der Waals surface area contributed by atoms with Crippen molar-refractivity contribution in [3.8, 4) is 0 Å². The summed E-state index contributed by atoms with van der Waals surface area (Å²) in [7, 11) is 0. The van der Waals surface area contributed by atoms with Gasteiger partial charge < -0.3 is 20.7 Å². The summed E-state index contributed by atoms with van der Waals surface area (Å²) in [5, 5.41) is 11.5. The summed E-state index contributed by atoms with van der Waals surface area (Å²) in [5.74, 6) is 1.62. The molecule has 0 saturated carbocycles. The summed E-state index contributed by atoms with van der Waals surface area (Å²) in [5.41, 5.74) is 9.49. The van der Waals surface area contributed by atoms with Crippen molar-refractivity contribution in [2.45, 2.75) is 58.6 Å². The summed E-state index contributed by atoms with van der Waals surface area (Å²) < 4.78 is 5.47. The standard InChI is InChI=1S/C27H34N8O2/c1-17(2)18-11-25(34-31-15-18)33-24-7-6-22-23(32-24)10-19(13-30-22)20(12-28)14-29-21-8-9-35(16-21)26(36)37-27(3,4)5/h6-7,10-15,17,21H,8-9,16,28H2,1-5H3,(H,32,33,34)/t21-/m1/s1. The first-order valence-corrected chi connectivity index (χ1v) is 12.4. The van der Waals surface area contributed by atoms with Crippen molar-refractivity contribution >= 4 is 40.6 Å². The van der Waals surface area contributed by atoms with Gasteiger partial charge in [-0.15, -0.1) is 5.10 Å². The predicted molar refractivity (Wildman–Crippen MR) is 146 cm³/mol. The number of nitrogens with zero attached hydrogens (tertiary/aromatic N) is 6. The van der Waals surface area contributed by atoms with Crippen molar-refractivity contribution in [3.05, 3.63) is 54.0 Å². The van der Waals surface area contributed by atoms with Gasteiger partial charge in [0.25, 0.3) is 0 Å². The summed E-state index contributed by atoms with van der Waals surface area (Å²) in [4.78, 5) is 27.9. The number of nitrogens with two attached hydrogens (primary N) is 1. The van der Waals surface area contributed by atoms with Gasteiger partial charge in [-0.05, 0) is 62.9 Å². The van der Waals surface area contributed by atoms with Gasteiger partial charge in [-0.25, -0.2) is 9.78 Å². The number of anilines is 2. The Bertz CT molecular complexity index is 1330. The third-order valence-electron chi connectivity index (χ3n) is 5.89. The van der Waals surface area contributed by atoms with Crippen LogP contribution in [0.2, 0.25) is 0 Å². The Balaban J connectivity index is 1.47. The second kappa shape index (κ2) is 10.9. The van der Waals surface area contributed by atoms with Crippen LogP contribution in [0, 0.1) is 0 Å². The number of hydrogen-bond donors (Lipinski definition) is 2. The summed E-state index contributed by atoms with van der Waals surface area (Å²) >= 11 is 0. The monoisotopic (exact) mass is 502 g/mol. The molecule has 10 heteroatoms. The molecule has 0 unspecified atom stereocenters. The fourth-order valence-electron chi connectivity index (χ4n) is 3.88. The van der Waals surface area contributed by atoms with E-state index in [-0.39, 0.29) is 12.1 Å². The first kappa shape index (κ1) is 26.0. The zero-order chi connectivity index (χ0) is 26.6. The first-order valence-electron chi connectivity index (χ1n) is 12.4. The zero-order valence-electron chi connectivity index (χ0n) is 22.0. The van der Waals surface area contributed by atoms with E-state index in [2.05, 4.69) is 39.3 Å². The summed E-state index contributed by atoms with van der Waals surface area (Å²) in [6.45, 7) is 10.9. The lowest BCUT2D eigenvalue weighted by Gasteiger charge is -2.24. The predicted octanol–water partition coefficient (Wildman–Crippen LogP) is 4.67. The van der Waals surface area contributed by atoms with Crippen LogP contribution in [0.1, 0.15) is 58.1 Å². The van der Waals surface area contributed by atoms with Crippen LogP contribution in [0.15, 0.2) is 47.9 Å². The van der Waals surface area contributed by atoms with Gasteiger partial charge in [0.15, 0.2) is 5.82 Å². The fraction of sp³-hybridized carbons (Fsp3) is 0.407. The number of aromatic nitrogens is 4. The number of likely N-dealkylation sites (tertiary alicyclic amines) is 1. The van der Waals surface area contributed by atoms with E-state index in [1.54, 1.807) is 23.5 Å². The van der Waals surface area contributed by atoms with Crippen LogP contribution >= 0.6 is 0 Å². The molecule has 3 aromatic rings. The molecule has 0 aliphatic carbocycles. The number of allylic oxidation sites excluding steroid dienone is 1. The van der Waals surface area contributed by atoms with Crippen LogP contribution in [0.25, 0.3) is 16.6 Å². The van der Waals surface area contributed by atoms with Crippen molar-refractivity contribution in [2.75, 3.05) is 18.4 Å². The highest BCUT2D eigenvalue weighted by Gasteiger charge is 2.29. The molecule has 1 aliphatic rings. The average Bonchev–Trinajstić information content (AvgIpc) is 3.33. The van der Waals surface area contributed by atoms with Gasteiger partial charge in [-0.3, -0.25) is 9.98 Å². The molecule has 3 N–H and O–H groups in total. The number of carbonyl (C=O) groups excluding carboxylic acids is 1. The second-order valence-electron chi connectivity index (χ2n) is 10.4. The average molecular weight is 503 g/mol. The minimum Gasteiger partial charge on any atom is -0.444 e. The number of ether oxygens (including phenoxy) is 1. The molecule has 10 nitrogen and oxygen atoms in total. The van der Waals surface area contributed by atoms with E-state index < -0.39 is 5.60 Å². The van der Waals surface area contributed by atoms with Gasteiger partial charge in [0.2, 0.25) is 0 Å². The molecule has 4 rings (SSSR count). The molecule has 0 aromatic carbocycles. The SMILES string of the molecule is CC(C)c1cnnc(Nc2ccc3ncc(C(C=N[C@@H]4CCN(C(=O)OC(C)(C)C)C4)=CN)cc3n2)c1. The normalized spacial score (nSPS) is 16.6. The minimum atomic E-state index is -0.522. The zero-order valence-corrected chi connectivity index (χ0v) is 22.0. The van der Waals surface area contributed by atoms with E-state index >= 15 is 0 Å². The van der Waals surface area contributed by atoms with Crippen molar-refractivity contribution in [1.82, 2.24) is 25.1 Å². The Kier molecular flexibility index (Phi) is 7.66. The molecule has 3 aromatic heterocycles. The molecule has 1 atom stereocenters. The number of carbonyl (C=O) groups is 1. The van der Waals surface area contributed by atoms with Gasteiger partial charge in [0.1, 0.15) is 11.4 Å². The number of amides is 1. The molecule has 4 heterocycles. The van der Waals surface area contributed by atoms with Gasteiger partial charge >= 0.3 is 6.09 Å². The van der Waals surface area contributed by atoms with Crippen LogP contribution in [0.3, 0.4) is 0 Å². The van der Waals surface area contributed by atoms with Gasteiger partial charge in [-0.2, -0.15) is 5.10 Å². The minimum absolute atomic E-state index is 0.0208. The topological polar surface area (TPSA) is 132 Å². The molecular weight excluding hydrogens is 468 g/mol. The molecule has 0 radical (unpaired) electrons. The van der Waals surface area contributed by atoms with Crippen molar-refractivity contribution in [1.29, 1.82) is 0 Å². The maximum Gasteiger partial charge on any atom is 0.410 e. The number of aliphatic imine (C=N–C) groups is 1. The molecule has 0 spiro atoms. The Morgan fingerprint density at radius 3 is 2.76 bits per heavy atom. The van der Waals surface area contributed by atoms with E-state index in [0.29, 0.717) is 36.2 Å². The molecule has 194 valence electrons. The first-order chi connectivity index (χ1) is 17.6. The number of hydrogen-bond acceptors (Lipinski definition) is 9. The molecule has 1 amide bonds. The highest BCUT2D eigenvalue weighted by molar-refractivity contribution is 6.10. The lowest BCUT2D eigenvalue weighted by atomic mass is 10.1.